The number of benzene rings is 3. The minimum Gasteiger partial charge on any atom is -0.463 e. The Morgan fingerprint density at radius 2 is 1.68 bits per heavy atom. The molecule has 3 fully saturated rings. The summed E-state index contributed by atoms with van der Waals surface area (Å²) in [6.45, 7) is 1.54. The van der Waals surface area contributed by atoms with Crippen LogP contribution in [0.1, 0.15) is 41.4 Å². The average Bonchev–Trinajstić information content (AvgIpc) is 3.77. The number of nitrogens with zero attached hydrogens (tertiary/aromatic N) is 3. The molecule has 0 spiro atoms. The molecule has 3 heterocycles. The van der Waals surface area contributed by atoms with Gasteiger partial charge in [0.2, 0.25) is 11.8 Å². The number of rotatable bonds is 7. The zero-order valence-corrected chi connectivity index (χ0v) is 26.9. The van der Waals surface area contributed by atoms with Gasteiger partial charge in [0.15, 0.2) is 0 Å². The number of aryl methyl sites for hydroxylation is 1. The number of hydrogen-bond donors (Lipinski definition) is 2. The maximum Gasteiger partial charge on any atom is 0.271 e. The molecular weight excluding hydrogens is 640 g/mol. The molecule has 1 saturated carbocycles. The SMILES string of the molecule is Cc1ccc(NN2C(=O)C3CC4C(=CCC5C(=O)N(c6cccc([N+](=O)[O-])c6)C(=O)C54)C(c4ccc(CO)o4)C3(c3ccccc3)C2=O)cc1. The molecule has 6 unspecified atom stereocenters. The Labute approximate surface area is 286 Å². The molecule has 2 N–H and O–H groups in total. The van der Waals surface area contributed by atoms with E-state index in [0.717, 1.165) is 15.5 Å². The zero-order chi connectivity index (χ0) is 34.9. The highest BCUT2D eigenvalue weighted by atomic mass is 16.6. The second kappa shape index (κ2) is 11.6. The van der Waals surface area contributed by atoms with E-state index in [-0.39, 0.29) is 36.6 Å². The molecule has 0 bridgehead atoms. The number of nitro groups is 1. The van der Waals surface area contributed by atoms with E-state index in [2.05, 4.69) is 5.43 Å². The normalized spacial score (nSPS) is 27.2. The van der Waals surface area contributed by atoms with Crippen LogP contribution in [0.25, 0.3) is 0 Å². The van der Waals surface area contributed by atoms with E-state index in [9.17, 15) is 29.6 Å². The summed E-state index contributed by atoms with van der Waals surface area (Å²) < 4.78 is 6.19. The largest absolute Gasteiger partial charge is 0.463 e. The lowest BCUT2D eigenvalue weighted by Gasteiger charge is -2.49. The second-order valence-electron chi connectivity index (χ2n) is 13.3. The Morgan fingerprint density at radius 1 is 0.920 bits per heavy atom. The van der Waals surface area contributed by atoms with Crippen LogP contribution >= 0.6 is 0 Å². The van der Waals surface area contributed by atoms with Crippen LogP contribution in [-0.2, 0) is 31.2 Å². The first-order valence-electron chi connectivity index (χ1n) is 16.4. The van der Waals surface area contributed by atoms with E-state index in [1.54, 1.807) is 36.4 Å². The van der Waals surface area contributed by atoms with Gasteiger partial charge in [0.25, 0.3) is 17.5 Å². The third kappa shape index (κ3) is 4.48. The van der Waals surface area contributed by atoms with Crippen molar-refractivity contribution in [2.24, 2.45) is 23.7 Å². The van der Waals surface area contributed by atoms with Gasteiger partial charge in [0.1, 0.15) is 23.5 Å². The number of nitrogens with one attached hydrogen (secondary N) is 1. The Balaban J connectivity index is 1.29. The number of non-ortho nitro benzene ring substituents is 1. The maximum absolute atomic E-state index is 15.1. The standard InChI is InChI=1S/C38H32N4O8/c1-21-10-12-23(13-11-21)39-41-35(45)30-19-29-27(15-16-28-32(29)36(46)40(34(28)44)24-8-5-9-25(18-24)42(48)49)33(31-17-14-26(20-43)50-31)38(30,37(41)47)22-6-3-2-4-7-22/h2-15,17-18,28-30,32-33,39,43H,16,19-20H2,1H3. The highest BCUT2D eigenvalue weighted by Gasteiger charge is 2.71. The summed E-state index contributed by atoms with van der Waals surface area (Å²) in [4.78, 5) is 70.0. The first-order valence-corrected chi connectivity index (χ1v) is 16.4. The molecule has 8 rings (SSSR count). The first-order chi connectivity index (χ1) is 24.1. The third-order valence-corrected chi connectivity index (χ3v) is 10.8. The maximum atomic E-state index is 15.1. The molecule has 12 heteroatoms. The fourth-order valence-electron chi connectivity index (χ4n) is 8.69. The predicted molar refractivity (Wildman–Crippen MR) is 179 cm³/mol. The van der Waals surface area contributed by atoms with Crippen molar-refractivity contribution in [3.05, 3.63) is 135 Å². The van der Waals surface area contributed by atoms with E-state index in [1.165, 1.54) is 24.3 Å². The Hall–Kier alpha value is -5.88. The average molecular weight is 673 g/mol. The van der Waals surface area contributed by atoms with Gasteiger partial charge in [0.05, 0.1) is 40.0 Å². The molecule has 2 saturated heterocycles. The number of allylic oxidation sites excluding steroid dienone is 2. The van der Waals surface area contributed by atoms with Gasteiger partial charge in [-0.1, -0.05) is 65.7 Å². The number of hydrogen-bond acceptors (Lipinski definition) is 9. The van der Waals surface area contributed by atoms with Crippen LogP contribution < -0.4 is 10.3 Å². The number of amides is 4. The lowest BCUT2D eigenvalue weighted by molar-refractivity contribution is -0.384. The lowest BCUT2D eigenvalue weighted by Crippen LogP contribution is -2.53. The van der Waals surface area contributed by atoms with Crippen molar-refractivity contribution in [3.8, 4) is 0 Å². The van der Waals surface area contributed by atoms with E-state index in [0.29, 0.717) is 22.6 Å². The zero-order valence-electron chi connectivity index (χ0n) is 26.9. The van der Waals surface area contributed by atoms with Gasteiger partial charge in [-0.05, 0) is 61.6 Å². The molecule has 252 valence electrons. The molecular formula is C38H32N4O8. The summed E-state index contributed by atoms with van der Waals surface area (Å²) in [6.07, 6.45) is 2.17. The number of hydrazine groups is 1. The van der Waals surface area contributed by atoms with Gasteiger partial charge in [-0.25, -0.2) is 4.90 Å². The molecule has 3 aromatic carbocycles. The summed E-state index contributed by atoms with van der Waals surface area (Å²) in [5, 5.41) is 22.6. The molecule has 4 amide bonds. The summed E-state index contributed by atoms with van der Waals surface area (Å²) in [5.74, 6) is -5.45. The van der Waals surface area contributed by atoms with Crippen LogP contribution in [0.3, 0.4) is 0 Å². The minimum atomic E-state index is -1.50. The summed E-state index contributed by atoms with van der Waals surface area (Å²) in [7, 11) is 0. The lowest BCUT2D eigenvalue weighted by atomic mass is 9.50. The van der Waals surface area contributed by atoms with Crippen LogP contribution in [0.4, 0.5) is 17.1 Å². The number of fused-ring (bicyclic) bond motifs is 4. The van der Waals surface area contributed by atoms with Crippen LogP contribution in [0.2, 0.25) is 0 Å². The molecule has 0 radical (unpaired) electrons. The Kier molecular flexibility index (Phi) is 7.30. The molecule has 4 aliphatic rings. The fourth-order valence-corrected chi connectivity index (χ4v) is 8.69. The fraction of sp³-hybridized carbons (Fsp3) is 0.263. The van der Waals surface area contributed by atoms with E-state index in [1.807, 2.05) is 43.3 Å². The number of carbonyl (C=O) groups excluding carboxylic acids is 4. The van der Waals surface area contributed by atoms with Gasteiger partial charge in [-0.15, -0.1) is 0 Å². The smallest absolute Gasteiger partial charge is 0.271 e. The molecule has 12 nitrogen and oxygen atoms in total. The number of imide groups is 2. The van der Waals surface area contributed by atoms with Gasteiger partial charge in [-0.3, -0.25) is 34.7 Å². The monoisotopic (exact) mass is 672 g/mol. The summed E-state index contributed by atoms with van der Waals surface area (Å²) >= 11 is 0. The predicted octanol–water partition coefficient (Wildman–Crippen LogP) is 5.18. The van der Waals surface area contributed by atoms with Crippen LogP contribution in [0.15, 0.2) is 107 Å². The van der Waals surface area contributed by atoms with E-state index in [4.69, 9.17) is 4.42 Å². The van der Waals surface area contributed by atoms with E-state index >= 15 is 4.79 Å². The topological polar surface area (TPSA) is 163 Å². The van der Waals surface area contributed by atoms with Gasteiger partial charge >= 0.3 is 0 Å². The molecule has 2 aliphatic carbocycles. The minimum absolute atomic E-state index is 0.0877. The number of anilines is 2. The highest BCUT2D eigenvalue weighted by Crippen LogP contribution is 2.64. The Bertz CT molecular complexity index is 2110. The van der Waals surface area contributed by atoms with Crippen molar-refractivity contribution in [2.45, 2.75) is 37.7 Å². The molecule has 1 aromatic heterocycles. The summed E-state index contributed by atoms with van der Waals surface area (Å²) in [6, 6.07) is 25.1. The van der Waals surface area contributed by atoms with Crippen LogP contribution in [-0.4, -0.2) is 38.7 Å². The quantitative estimate of drug-likeness (QED) is 0.117. The molecule has 50 heavy (non-hydrogen) atoms. The third-order valence-electron chi connectivity index (χ3n) is 10.8. The van der Waals surface area contributed by atoms with Crippen molar-refractivity contribution in [1.29, 1.82) is 0 Å². The molecule has 4 aromatic rings. The van der Waals surface area contributed by atoms with Crippen molar-refractivity contribution in [1.82, 2.24) is 5.01 Å². The first kappa shape index (κ1) is 31.4. The van der Waals surface area contributed by atoms with Crippen LogP contribution in [0, 0.1) is 40.7 Å². The molecule has 6 atom stereocenters. The number of aliphatic hydroxyl groups is 1. The van der Waals surface area contributed by atoms with Crippen LogP contribution in [0.5, 0.6) is 0 Å². The van der Waals surface area contributed by atoms with Crippen molar-refractivity contribution < 1.29 is 33.6 Å². The number of furan rings is 1. The summed E-state index contributed by atoms with van der Waals surface area (Å²) in [5.41, 5.74) is 4.24. The number of aliphatic hydroxyl groups excluding tert-OH is 1. The van der Waals surface area contributed by atoms with E-state index < -0.39 is 63.6 Å². The van der Waals surface area contributed by atoms with Crippen molar-refractivity contribution in [2.75, 3.05) is 10.3 Å². The molecule has 2 aliphatic heterocycles. The van der Waals surface area contributed by atoms with Crippen molar-refractivity contribution >= 4 is 40.7 Å². The second-order valence-corrected chi connectivity index (χ2v) is 13.3. The number of carbonyl (C=O) groups is 4. The van der Waals surface area contributed by atoms with Gasteiger partial charge in [0, 0.05) is 12.1 Å². The van der Waals surface area contributed by atoms with Crippen molar-refractivity contribution in [3.63, 3.8) is 0 Å². The Morgan fingerprint density at radius 3 is 2.38 bits per heavy atom. The van der Waals surface area contributed by atoms with Gasteiger partial charge in [-0.2, -0.15) is 5.01 Å². The number of nitro benzene ring substituents is 1. The highest BCUT2D eigenvalue weighted by molar-refractivity contribution is 6.22. The van der Waals surface area contributed by atoms with Gasteiger partial charge < -0.3 is 9.52 Å².